The predicted octanol–water partition coefficient (Wildman–Crippen LogP) is 1.52. The molecular weight excluding hydrogens is 236 g/mol. The minimum absolute atomic E-state index is 0.371. The average Bonchev–Trinajstić information content (AvgIpc) is 2.16. The maximum absolute atomic E-state index is 11.1. The number of carbonyl (C=O) groups excluding carboxylic acids is 1. The summed E-state index contributed by atoms with van der Waals surface area (Å²) in [5.41, 5.74) is 3.68. The molecule has 0 heterocycles. The highest BCUT2D eigenvalue weighted by molar-refractivity contribution is 9.10. The van der Waals surface area contributed by atoms with Gasteiger partial charge in [-0.2, -0.15) is 0 Å². The summed E-state index contributed by atoms with van der Waals surface area (Å²) < 4.78 is 5.27. The molecule has 4 nitrogen and oxygen atoms in total. The van der Waals surface area contributed by atoms with Gasteiger partial charge in [0.1, 0.15) is 0 Å². The number of ether oxygens (including phenoxy) is 1. The Labute approximate surface area is 84.2 Å². The SMILES string of the molecule is COC(=O)c1ccc(NN)c(Br)c1. The van der Waals surface area contributed by atoms with Gasteiger partial charge >= 0.3 is 5.97 Å². The van der Waals surface area contributed by atoms with Crippen LogP contribution in [0.5, 0.6) is 0 Å². The van der Waals surface area contributed by atoms with E-state index >= 15 is 0 Å². The molecule has 0 amide bonds. The van der Waals surface area contributed by atoms with Gasteiger partial charge in [0.05, 0.1) is 18.4 Å². The molecule has 5 heteroatoms. The number of benzene rings is 1. The summed E-state index contributed by atoms with van der Waals surface area (Å²) in [6, 6.07) is 4.96. The number of hydrazine groups is 1. The van der Waals surface area contributed by atoms with Crippen molar-refractivity contribution in [2.45, 2.75) is 0 Å². The van der Waals surface area contributed by atoms with Crippen molar-refractivity contribution in [2.75, 3.05) is 12.5 Å². The van der Waals surface area contributed by atoms with Crippen molar-refractivity contribution in [1.82, 2.24) is 0 Å². The molecule has 1 aromatic rings. The third-order valence-electron chi connectivity index (χ3n) is 1.55. The van der Waals surface area contributed by atoms with Gasteiger partial charge in [-0.25, -0.2) is 4.79 Å². The molecule has 3 N–H and O–H groups in total. The van der Waals surface area contributed by atoms with E-state index in [0.717, 1.165) is 4.47 Å². The van der Waals surface area contributed by atoms with Crippen molar-refractivity contribution in [2.24, 2.45) is 5.84 Å². The van der Waals surface area contributed by atoms with E-state index in [1.165, 1.54) is 7.11 Å². The first-order chi connectivity index (χ1) is 6.19. The van der Waals surface area contributed by atoms with Crippen LogP contribution in [0.1, 0.15) is 10.4 Å². The molecule has 70 valence electrons. The van der Waals surface area contributed by atoms with Crippen LogP contribution in [0, 0.1) is 0 Å². The van der Waals surface area contributed by atoms with Crippen molar-refractivity contribution >= 4 is 27.6 Å². The van der Waals surface area contributed by atoms with Crippen LogP contribution in [0.2, 0.25) is 0 Å². The summed E-state index contributed by atoms with van der Waals surface area (Å²) >= 11 is 3.25. The molecule has 0 atom stereocenters. The molecule has 1 rings (SSSR count). The molecule has 13 heavy (non-hydrogen) atoms. The lowest BCUT2D eigenvalue weighted by atomic mass is 10.2. The first-order valence-corrected chi connectivity index (χ1v) is 4.33. The number of nitrogens with one attached hydrogen (secondary N) is 1. The summed E-state index contributed by atoms with van der Waals surface area (Å²) in [5, 5.41) is 0. The number of methoxy groups -OCH3 is 1. The molecule has 0 spiro atoms. The van der Waals surface area contributed by atoms with Crippen LogP contribution in [0.15, 0.2) is 22.7 Å². The normalized spacial score (nSPS) is 9.46. The van der Waals surface area contributed by atoms with Crippen LogP contribution in [-0.4, -0.2) is 13.1 Å². The van der Waals surface area contributed by atoms with Crippen LogP contribution < -0.4 is 11.3 Å². The van der Waals surface area contributed by atoms with Crippen LogP contribution in [-0.2, 0) is 4.74 Å². The van der Waals surface area contributed by atoms with E-state index in [-0.39, 0.29) is 5.97 Å². The number of nitrogens with two attached hydrogens (primary N) is 1. The van der Waals surface area contributed by atoms with Crippen LogP contribution in [0.25, 0.3) is 0 Å². The Morgan fingerprint density at radius 1 is 1.62 bits per heavy atom. The summed E-state index contributed by atoms with van der Waals surface area (Å²) in [7, 11) is 1.34. The van der Waals surface area contributed by atoms with Gasteiger partial charge in [-0.1, -0.05) is 0 Å². The topological polar surface area (TPSA) is 64.3 Å². The fraction of sp³-hybridized carbons (Fsp3) is 0.125. The van der Waals surface area contributed by atoms with Crippen molar-refractivity contribution in [3.8, 4) is 0 Å². The summed E-state index contributed by atoms with van der Waals surface area (Å²) in [4.78, 5) is 11.1. The second kappa shape index (κ2) is 4.25. The van der Waals surface area contributed by atoms with Crippen LogP contribution in [0.4, 0.5) is 5.69 Å². The van der Waals surface area contributed by atoms with Crippen LogP contribution >= 0.6 is 15.9 Å². The minimum Gasteiger partial charge on any atom is -0.465 e. The molecule has 0 bridgehead atoms. The van der Waals surface area contributed by atoms with Gasteiger partial charge in [0.15, 0.2) is 0 Å². The van der Waals surface area contributed by atoms with Crippen molar-refractivity contribution in [3.63, 3.8) is 0 Å². The second-order valence-electron chi connectivity index (χ2n) is 2.33. The lowest BCUT2D eigenvalue weighted by Crippen LogP contribution is -2.08. The first kappa shape index (κ1) is 10.0. The Morgan fingerprint density at radius 3 is 2.77 bits per heavy atom. The summed E-state index contributed by atoms with van der Waals surface area (Å²) in [5.74, 6) is 4.84. The largest absolute Gasteiger partial charge is 0.465 e. The Hall–Kier alpha value is -1.07. The molecule has 0 fully saturated rings. The van der Waals surface area contributed by atoms with E-state index in [9.17, 15) is 4.79 Å². The molecule has 0 aliphatic rings. The highest BCUT2D eigenvalue weighted by Gasteiger charge is 2.07. The molecule has 0 radical (unpaired) electrons. The lowest BCUT2D eigenvalue weighted by Gasteiger charge is -2.04. The third-order valence-corrected chi connectivity index (χ3v) is 2.20. The maximum Gasteiger partial charge on any atom is 0.337 e. The number of nitrogen functional groups attached to an aromatic ring is 1. The molecular formula is C8H9BrN2O2. The average molecular weight is 245 g/mol. The zero-order valence-corrected chi connectivity index (χ0v) is 8.59. The van der Waals surface area contributed by atoms with Gasteiger partial charge in [-0.3, -0.25) is 5.84 Å². The van der Waals surface area contributed by atoms with E-state index in [4.69, 9.17) is 5.84 Å². The lowest BCUT2D eigenvalue weighted by molar-refractivity contribution is 0.0600. The third kappa shape index (κ3) is 2.19. The number of carbonyl (C=O) groups is 1. The first-order valence-electron chi connectivity index (χ1n) is 3.53. The fourth-order valence-electron chi connectivity index (χ4n) is 0.877. The van der Waals surface area contributed by atoms with Gasteiger partial charge in [0, 0.05) is 4.47 Å². The maximum atomic E-state index is 11.1. The van der Waals surface area contributed by atoms with Crippen molar-refractivity contribution in [3.05, 3.63) is 28.2 Å². The molecule has 0 aliphatic heterocycles. The standard InChI is InChI=1S/C8H9BrN2O2/c1-13-8(12)5-2-3-7(11-10)6(9)4-5/h2-4,11H,10H2,1H3. The van der Waals surface area contributed by atoms with Gasteiger partial charge in [-0.05, 0) is 34.1 Å². The van der Waals surface area contributed by atoms with Gasteiger partial charge in [0.2, 0.25) is 0 Å². The highest BCUT2D eigenvalue weighted by atomic mass is 79.9. The van der Waals surface area contributed by atoms with Gasteiger partial charge in [-0.15, -0.1) is 0 Å². The van der Waals surface area contributed by atoms with E-state index in [2.05, 4.69) is 26.1 Å². The molecule has 0 aliphatic carbocycles. The minimum atomic E-state index is -0.371. The van der Waals surface area contributed by atoms with Crippen LogP contribution in [0.3, 0.4) is 0 Å². The zero-order chi connectivity index (χ0) is 9.84. The van der Waals surface area contributed by atoms with E-state index < -0.39 is 0 Å². The number of esters is 1. The van der Waals surface area contributed by atoms with Gasteiger partial charge in [0.25, 0.3) is 0 Å². The Bertz CT molecular complexity index is 328. The van der Waals surface area contributed by atoms with E-state index in [0.29, 0.717) is 11.3 Å². The Morgan fingerprint density at radius 2 is 2.31 bits per heavy atom. The van der Waals surface area contributed by atoms with Crippen molar-refractivity contribution in [1.29, 1.82) is 0 Å². The van der Waals surface area contributed by atoms with Gasteiger partial charge < -0.3 is 10.2 Å². The molecule has 0 unspecified atom stereocenters. The number of hydrogen-bond acceptors (Lipinski definition) is 4. The van der Waals surface area contributed by atoms with Crippen molar-refractivity contribution < 1.29 is 9.53 Å². The number of anilines is 1. The summed E-state index contributed by atoms with van der Waals surface area (Å²) in [6.45, 7) is 0. The number of rotatable bonds is 2. The molecule has 0 aromatic heterocycles. The second-order valence-corrected chi connectivity index (χ2v) is 3.18. The fourth-order valence-corrected chi connectivity index (χ4v) is 1.37. The highest BCUT2D eigenvalue weighted by Crippen LogP contribution is 2.22. The Balaban J connectivity index is 3.02. The number of hydrogen-bond donors (Lipinski definition) is 2. The summed E-state index contributed by atoms with van der Waals surface area (Å²) in [6.07, 6.45) is 0. The predicted molar refractivity (Wildman–Crippen MR) is 53.3 cm³/mol. The van der Waals surface area contributed by atoms with E-state index in [1.54, 1.807) is 18.2 Å². The molecule has 1 aromatic carbocycles. The van der Waals surface area contributed by atoms with E-state index in [1.807, 2.05) is 0 Å². The molecule has 0 saturated carbocycles. The smallest absolute Gasteiger partial charge is 0.337 e. The zero-order valence-electron chi connectivity index (χ0n) is 7.00. The number of halogens is 1. The monoisotopic (exact) mass is 244 g/mol. The quantitative estimate of drug-likeness (QED) is 0.471. The Kier molecular flexibility index (Phi) is 3.27. The molecule has 0 saturated heterocycles.